The largest absolute Gasteiger partial charge is 0.466 e. The maximum absolute atomic E-state index is 12.5. The molecular weight excluding hydrogens is 332 g/mol. The smallest absolute Gasteiger partial charge is 0.313 e. The van der Waals surface area contributed by atoms with Gasteiger partial charge in [0.2, 0.25) is 5.91 Å². The number of Topliss-reactive ketones (excluding diaryl/α,β-unsaturated/α-hetero) is 1. The number of fused-ring (bicyclic) bond motifs is 1. The quantitative estimate of drug-likeness (QED) is 0.755. The van der Waals surface area contributed by atoms with Crippen LogP contribution in [0.2, 0.25) is 0 Å². The second-order valence-corrected chi connectivity index (χ2v) is 6.97. The van der Waals surface area contributed by atoms with E-state index in [9.17, 15) is 14.4 Å². The summed E-state index contributed by atoms with van der Waals surface area (Å²) in [6, 6.07) is 7.13. The van der Waals surface area contributed by atoms with Gasteiger partial charge in [0, 0.05) is 12.2 Å². The Labute approximate surface area is 154 Å². The van der Waals surface area contributed by atoms with Crippen LogP contribution < -0.4 is 10.2 Å². The normalized spacial score (nSPS) is 17.4. The first-order valence-corrected chi connectivity index (χ1v) is 9.15. The summed E-state index contributed by atoms with van der Waals surface area (Å²) in [7, 11) is 0. The molecule has 26 heavy (non-hydrogen) atoms. The molecule has 1 aliphatic rings. The number of esters is 1. The van der Waals surface area contributed by atoms with Crippen LogP contribution in [0.25, 0.3) is 0 Å². The zero-order valence-corrected chi connectivity index (χ0v) is 16.0. The number of rotatable bonds is 7. The van der Waals surface area contributed by atoms with Crippen molar-refractivity contribution in [1.29, 1.82) is 0 Å². The highest BCUT2D eigenvalue weighted by molar-refractivity contribution is 5.90. The SMILES string of the molecule is CCOC(=O)[C@H]1CCN(CC(=O)N[C@H](C(C)=O)C(C)C)c2ccccc21. The van der Waals surface area contributed by atoms with E-state index in [1.807, 2.05) is 43.0 Å². The molecule has 0 saturated heterocycles. The number of nitrogens with zero attached hydrogens (tertiary/aromatic N) is 1. The molecule has 142 valence electrons. The molecule has 1 heterocycles. The van der Waals surface area contributed by atoms with E-state index in [0.29, 0.717) is 19.6 Å². The summed E-state index contributed by atoms with van der Waals surface area (Å²) in [5.41, 5.74) is 1.76. The molecule has 0 bridgehead atoms. The van der Waals surface area contributed by atoms with Crippen molar-refractivity contribution in [2.75, 3.05) is 24.6 Å². The minimum absolute atomic E-state index is 0.0401. The first-order valence-electron chi connectivity index (χ1n) is 9.15. The number of hydrogen-bond donors (Lipinski definition) is 1. The number of ketones is 1. The Bertz CT molecular complexity index is 672. The lowest BCUT2D eigenvalue weighted by atomic mass is 9.90. The lowest BCUT2D eigenvalue weighted by Gasteiger charge is -2.34. The van der Waals surface area contributed by atoms with E-state index < -0.39 is 6.04 Å². The molecule has 2 atom stereocenters. The third kappa shape index (κ3) is 4.62. The highest BCUT2D eigenvalue weighted by atomic mass is 16.5. The van der Waals surface area contributed by atoms with Crippen LogP contribution in [0.1, 0.15) is 45.6 Å². The van der Waals surface area contributed by atoms with Gasteiger partial charge in [-0.15, -0.1) is 0 Å². The van der Waals surface area contributed by atoms with Crippen LogP contribution in [0.3, 0.4) is 0 Å². The van der Waals surface area contributed by atoms with Crippen molar-refractivity contribution in [1.82, 2.24) is 5.32 Å². The van der Waals surface area contributed by atoms with E-state index in [4.69, 9.17) is 4.74 Å². The van der Waals surface area contributed by atoms with E-state index in [1.54, 1.807) is 6.92 Å². The van der Waals surface area contributed by atoms with E-state index in [-0.39, 0.29) is 36.0 Å². The second kappa shape index (κ2) is 8.83. The number of benzene rings is 1. The Morgan fingerprint density at radius 2 is 1.96 bits per heavy atom. The van der Waals surface area contributed by atoms with Gasteiger partial charge in [0.1, 0.15) is 0 Å². The highest BCUT2D eigenvalue weighted by Gasteiger charge is 2.32. The monoisotopic (exact) mass is 360 g/mol. The highest BCUT2D eigenvalue weighted by Crippen LogP contribution is 2.35. The van der Waals surface area contributed by atoms with Crippen molar-refractivity contribution in [3.63, 3.8) is 0 Å². The molecule has 1 aliphatic heterocycles. The average Bonchev–Trinajstić information content (AvgIpc) is 2.59. The predicted octanol–water partition coefficient (Wildman–Crippen LogP) is 2.27. The van der Waals surface area contributed by atoms with Crippen molar-refractivity contribution in [2.45, 2.75) is 46.1 Å². The van der Waals surface area contributed by atoms with Gasteiger partial charge in [-0.2, -0.15) is 0 Å². The lowest BCUT2D eigenvalue weighted by Crippen LogP contribution is -2.48. The van der Waals surface area contributed by atoms with Crippen LogP contribution in [0, 0.1) is 5.92 Å². The topological polar surface area (TPSA) is 75.7 Å². The third-order valence-electron chi connectivity index (χ3n) is 4.67. The molecule has 2 rings (SSSR count). The third-order valence-corrected chi connectivity index (χ3v) is 4.67. The molecule has 0 aromatic heterocycles. The second-order valence-electron chi connectivity index (χ2n) is 6.97. The van der Waals surface area contributed by atoms with E-state index >= 15 is 0 Å². The molecule has 0 fully saturated rings. The number of hydrogen-bond acceptors (Lipinski definition) is 5. The maximum atomic E-state index is 12.5. The van der Waals surface area contributed by atoms with Crippen molar-refractivity contribution in [2.24, 2.45) is 5.92 Å². The number of para-hydroxylation sites is 1. The number of anilines is 1. The fraction of sp³-hybridized carbons (Fsp3) is 0.550. The van der Waals surface area contributed by atoms with E-state index in [1.165, 1.54) is 6.92 Å². The molecule has 0 radical (unpaired) electrons. The molecule has 1 aromatic carbocycles. The van der Waals surface area contributed by atoms with E-state index in [2.05, 4.69) is 5.32 Å². The number of ether oxygens (including phenoxy) is 1. The molecule has 0 saturated carbocycles. The minimum atomic E-state index is -0.477. The van der Waals surface area contributed by atoms with Crippen LogP contribution in [0.15, 0.2) is 24.3 Å². The molecule has 0 aliphatic carbocycles. The van der Waals surface area contributed by atoms with Gasteiger partial charge >= 0.3 is 5.97 Å². The Hall–Kier alpha value is -2.37. The first kappa shape index (κ1) is 19.9. The number of carbonyl (C=O) groups excluding carboxylic acids is 3. The zero-order chi connectivity index (χ0) is 19.3. The van der Waals surface area contributed by atoms with Crippen LogP contribution in [-0.2, 0) is 19.1 Å². The Kier molecular flexibility index (Phi) is 6.77. The van der Waals surface area contributed by atoms with Crippen LogP contribution in [0.4, 0.5) is 5.69 Å². The van der Waals surface area contributed by atoms with Gasteiger partial charge in [-0.05, 0) is 37.8 Å². The van der Waals surface area contributed by atoms with Crippen molar-refractivity contribution < 1.29 is 19.1 Å². The Morgan fingerprint density at radius 3 is 2.58 bits per heavy atom. The zero-order valence-electron chi connectivity index (χ0n) is 16.0. The first-order chi connectivity index (χ1) is 12.3. The Morgan fingerprint density at radius 1 is 1.27 bits per heavy atom. The van der Waals surface area contributed by atoms with Crippen LogP contribution >= 0.6 is 0 Å². The fourth-order valence-corrected chi connectivity index (χ4v) is 3.41. The van der Waals surface area contributed by atoms with Crippen LogP contribution in [0.5, 0.6) is 0 Å². The van der Waals surface area contributed by atoms with Gasteiger partial charge in [-0.25, -0.2) is 0 Å². The average molecular weight is 360 g/mol. The van der Waals surface area contributed by atoms with Gasteiger partial charge < -0.3 is 15.0 Å². The minimum Gasteiger partial charge on any atom is -0.466 e. The maximum Gasteiger partial charge on any atom is 0.313 e. The molecule has 1 amide bonds. The van der Waals surface area contributed by atoms with Gasteiger partial charge in [0.15, 0.2) is 5.78 Å². The summed E-state index contributed by atoms with van der Waals surface area (Å²) < 4.78 is 5.19. The number of nitrogens with one attached hydrogen (secondary N) is 1. The standard InChI is InChI=1S/C20H28N2O4/c1-5-26-20(25)16-10-11-22(17-9-7-6-8-15(16)17)12-18(24)21-19(13(2)3)14(4)23/h6-9,13,16,19H,5,10-12H2,1-4H3,(H,21,24)/t16-,19-/m0/s1. The molecular formula is C20H28N2O4. The number of amides is 1. The molecule has 0 spiro atoms. The van der Waals surface area contributed by atoms with Gasteiger partial charge in [-0.1, -0.05) is 32.0 Å². The molecule has 1 aromatic rings. The number of carbonyl (C=O) groups is 3. The van der Waals surface area contributed by atoms with Crippen molar-refractivity contribution in [3.05, 3.63) is 29.8 Å². The summed E-state index contributed by atoms with van der Waals surface area (Å²) in [6.07, 6.45) is 0.601. The van der Waals surface area contributed by atoms with Gasteiger partial charge in [-0.3, -0.25) is 14.4 Å². The molecule has 1 N–H and O–H groups in total. The van der Waals surface area contributed by atoms with Gasteiger partial charge in [0.05, 0.1) is 25.1 Å². The summed E-state index contributed by atoms with van der Waals surface area (Å²) in [5, 5.41) is 2.83. The summed E-state index contributed by atoms with van der Waals surface area (Å²) in [4.78, 5) is 38.4. The van der Waals surface area contributed by atoms with E-state index in [0.717, 1.165) is 11.3 Å². The van der Waals surface area contributed by atoms with Gasteiger partial charge in [0.25, 0.3) is 0 Å². The summed E-state index contributed by atoms with van der Waals surface area (Å²) in [5.74, 6) is -0.719. The predicted molar refractivity (Wildman–Crippen MR) is 100 cm³/mol. The van der Waals surface area contributed by atoms with Crippen LogP contribution in [-0.4, -0.2) is 43.4 Å². The summed E-state index contributed by atoms with van der Waals surface area (Å²) in [6.45, 7) is 8.20. The Balaban J connectivity index is 2.13. The lowest BCUT2D eigenvalue weighted by molar-refractivity contribution is -0.145. The fourth-order valence-electron chi connectivity index (χ4n) is 3.41. The van der Waals surface area contributed by atoms with Crippen molar-refractivity contribution >= 4 is 23.3 Å². The molecule has 0 unspecified atom stereocenters. The molecule has 6 nitrogen and oxygen atoms in total. The van der Waals surface area contributed by atoms with Crippen molar-refractivity contribution in [3.8, 4) is 0 Å². The summed E-state index contributed by atoms with van der Waals surface area (Å²) >= 11 is 0. The molecule has 6 heteroatoms.